The fourth-order valence-corrected chi connectivity index (χ4v) is 3.51. The first-order valence-electron chi connectivity index (χ1n) is 8.21. The second kappa shape index (κ2) is 7.98. The van der Waals surface area contributed by atoms with Crippen molar-refractivity contribution < 1.29 is 14.4 Å². The lowest BCUT2D eigenvalue weighted by Gasteiger charge is -2.14. The van der Waals surface area contributed by atoms with Crippen LogP contribution < -0.4 is 5.32 Å². The quantitative estimate of drug-likeness (QED) is 0.759. The van der Waals surface area contributed by atoms with Crippen LogP contribution in [0, 0.1) is 13.8 Å². The fourth-order valence-electron chi connectivity index (χ4n) is 2.55. The number of amides is 3. The Labute approximate surface area is 166 Å². The maximum absolute atomic E-state index is 12.5. The predicted octanol–water partition coefficient (Wildman–Crippen LogP) is 4.63. The third kappa shape index (κ3) is 4.59. The first-order valence-corrected chi connectivity index (χ1v) is 9.41. The summed E-state index contributed by atoms with van der Waals surface area (Å²) in [6.45, 7) is 3.48. The van der Waals surface area contributed by atoms with E-state index >= 15 is 0 Å². The zero-order valence-electron chi connectivity index (χ0n) is 14.8. The van der Waals surface area contributed by atoms with Crippen LogP contribution in [-0.2, 0) is 9.59 Å². The minimum Gasteiger partial charge on any atom is -0.324 e. The highest BCUT2D eigenvalue weighted by Gasteiger charge is 2.36. The number of rotatable bonds is 4. The number of aryl methyl sites for hydroxylation is 2. The van der Waals surface area contributed by atoms with Gasteiger partial charge in [0.05, 0.1) is 4.91 Å². The number of imide groups is 1. The highest BCUT2D eigenvalue weighted by molar-refractivity contribution is 8.18. The van der Waals surface area contributed by atoms with Crippen molar-refractivity contribution in [2.75, 3.05) is 11.9 Å². The van der Waals surface area contributed by atoms with E-state index in [1.165, 1.54) is 0 Å². The maximum atomic E-state index is 12.5. The zero-order chi connectivity index (χ0) is 19.6. The third-order valence-corrected chi connectivity index (χ3v) is 5.17. The molecule has 1 aliphatic rings. The topological polar surface area (TPSA) is 66.5 Å². The van der Waals surface area contributed by atoms with Crippen LogP contribution in [0.1, 0.15) is 16.7 Å². The minimum absolute atomic E-state index is 0.279. The SMILES string of the molecule is Cc1ccc(C)c(NC(=O)CN2C(=O)S/C(=C/c3ccc(Cl)cc3)C2=O)c1. The van der Waals surface area contributed by atoms with Crippen molar-refractivity contribution in [3.63, 3.8) is 0 Å². The van der Waals surface area contributed by atoms with Crippen LogP contribution in [0.3, 0.4) is 0 Å². The molecule has 1 heterocycles. The summed E-state index contributed by atoms with van der Waals surface area (Å²) in [7, 11) is 0. The molecule has 2 aromatic rings. The van der Waals surface area contributed by atoms with Gasteiger partial charge in [-0.15, -0.1) is 0 Å². The first kappa shape index (κ1) is 19.2. The molecule has 1 N–H and O–H groups in total. The molecular weight excluding hydrogens is 384 g/mol. The van der Waals surface area contributed by atoms with Gasteiger partial charge in [0.1, 0.15) is 6.54 Å². The van der Waals surface area contributed by atoms with Crippen LogP contribution >= 0.6 is 23.4 Å². The summed E-state index contributed by atoms with van der Waals surface area (Å²) in [6.07, 6.45) is 1.61. The molecule has 0 unspecified atom stereocenters. The Balaban J connectivity index is 1.71. The van der Waals surface area contributed by atoms with Gasteiger partial charge in [0.2, 0.25) is 5.91 Å². The molecule has 0 aliphatic carbocycles. The number of carbonyl (C=O) groups excluding carboxylic acids is 3. The lowest BCUT2D eigenvalue weighted by molar-refractivity contribution is -0.127. The summed E-state index contributed by atoms with van der Waals surface area (Å²) in [6, 6.07) is 12.6. The highest BCUT2D eigenvalue weighted by atomic mass is 35.5. The molecule has 0 saturated carbocycles. The number of hydrogen-bond acceptors (Lipinski definition) is 4. The highest BCUT2D eigenvalue weighted by Crippen LogP contribution is 2.32. The molecule has 0 atom stereocenters. The van der Waals surface area contributed by atoms with Crippen molar-refractivity contribution in [2.24, 2.45) is 0 Å². The molecule has 1 aliphatic heterocycles. The van der Waals surface area contributed by atoms with E-state index in [0.717, 1.165) is 33.4 Å². The molecule has 27 heavy (non-hydrogen) atoms. The molecule has 0 spiro atoms. The maximum Gasteiger partial charge on any atom is 0.294 e. The van der Waals surface area contributed by atoms with Gasteiger partial charge in [-0.25, -0.2) is 0 Å². The van der Waals surface area contributed by atoms with E-state index in [1.54, 1.807) is 30.3 Å². The van der Waals surface area contributed by atoms with Gasteiger partial charge in [0.15, 0.2) is 0 Å². The molecule has 7 heteroatoms. The molecule has 1 saturated heterocycles. The van der Waals surface area contributed by atoms with Crippen molar-refractivity contribution in [2.45, 2.75) is 13.8 Å². The second-order valence-electron chi connectivity index (χ2n) is 6.19. The van der Waals surface area contributed by atoms with Crippen molar-refractivity contribution in [1.29, 1.82) is 0 Å². The average molecular weight is 401 g/mol. The Morgan fingerprint density at radius 1 is 1.15 bits per heavy atom. The van der Waals surface area contributed by atoms with Crippen molar-refractivity contribution in [3.8, 4) is 0 Å². The number of benzene rings is 2. The van der Waals surface area contributed by atoms with Crippen LogP contribution in [0.5, 0.6) is 0 Å². The van der Waals surface area contributed by atoms with Crippen LogP contribution in [-0.4, -0.2) is 28.5 Å². The number of thioether (sulfide) groups is 1. The molecule has 2 aromatic carbocycles. The van der Waals surface area contributed by atoms with E-state index in [1.807, 2.05) is 32.0 Å². The Morgan fingerprint density at radius 3 is 2.56 bits per heavy atom. The largest absolute Gasteiger partial charge is 0.324 e. The lowest BCUT2D eigenvalue weighted by Crippen LogP contribution is -2.36. The van der Waals surface area contributed by atoms with Gasteiger partial charge in [0, 0.05) is 10.7 Å². The van der Waals surface area contributed by atoms with E-state index in [-0.39, 0.29) is 11.4 Å². The van der Waals surface area contributed by atoms with Crippen LogP contribution in [0.25, 0.3) is 6.08 Å². The molecule has 3 rings (SSSR count). The van der Waals surface area contributed by atoms with E-state index in [0.29, 0.717) is 10.7 Å². The number of halogens is 1. The molecule has 138 valence electrons. The smallest absolute Gasteiger partial charge is 0.294 e. The monoisotopic (exact) mass is 400 g/mol. The Morgan fingerprint density at radius 2 is 1.85 bits per heavy atom. The second-order valence-corrected chi connectivity index (χ2v) is 7.62. The van der Waals surface area contributed by atoms with Crippen molar-refractivity contribution in [1.82, 2.24) is 4.90 Å². The number of anilines is 1. The fraction of sp³-hybridized carbons (Fsp3) is 0.150. The Kier molecular flexibility index (Phi) is 5.68. The summed E-state index contributed by atoms with van der Waals surface area (Å²) in [5.74, 6) is -0.894. The number of carbonyl (C=O) groups is 3. The van der Waals surface area contributed by atoms with Gasteiger partial charge in [-0.05, 0) is 66.6 Å². The van der Waals surface area contributed by atoms with E-state index in [4.69, 9.17) is 11.6 Å². The number of nitrogens with one attached hydrogen (secondary N) is 1. The zero-order valence-corrected chi connectivity index (χ0v) is 16.4. The van der Waals surface area contributed by atoms with Crippen LogP contribution in [0.15, 0.2) is 47.4 Å². The third-order valence-electron chi connectivity index (χ3n) is 4.01. The standard InChI is InChI=1S/C20H17ClN2O3S/c1-12-3-4-13(2)16(9-12)22-18(24)11-23-19(25)17(27-20(23)26)10-14-5-7-15(21)8-6-14/h3-10H,11H2,1-2H3,(H,22,24)/b17-10+. The van der Waals surface area contributed by atoms with Crippen LogP contribution in [0.4, 0.5) is 10.5 Å². The molecule has 3 amide bonds. The summed E-state index contributed by atoms with van der Waals surface area (Å²) in [5, 5.41) is 2.89. The van der Waals surface area contributed by atoms with Gasteiger partial charge >= 0.3 is 0 Å². The predicted molar refractivity (Wildman–Crippen MR) is 109 cm³/mol. The number of hydrogen-bond donors (Lipinski definition) is 1. The van der Waals surface area contributed by atoms with Gasteiger partial charge < -0.3 is 5.32 Å². The Hall–Kier alpha value is -2.57. The average Bonchev–Trinajstić information content (AvgIpc) is 2.87. The molecule has 0 bridgehead atoms. The van der Waals surface area contributed by atoms with Gasteiger partial charge in [-0.2, -0.15) is 0 Å². The molecule has 0 radical (unpaired) electrons. The molecule has 5 nitrogen and oxygen atoms in total. The van der Waals surface area contributed by atoms with Gasteiger partial charge in [-0.1, -0.05) is 35.9 Å². The lowest BCUT2D eigenvalue weighted by atomic mass is 10.1. The van der Waals surface area contributed by atoms with Crippen molar-refractivity contribution >= 4 is 52.2 Å². The molecule has 1 fully saturated rings. The van der Waals surface area contributed by atoms with Gasteiger partial charge in [0.25, 0.3) is 11.1 Å². The van der Waals surface area contributed by atoms with Crippen molar-refractivity contribution in [3.05, 3.63) is 69.1 Å². The number of nitrogens with zero attached hydrogens (tertiary/aromatic N) is 1. The molecular formula is C20H17ClN2O3S. The summed E-state index contributed by atoms with van der Waals surface area (Å²) in [4.78, 5) is 38.2. The van der Waals surface area contributed by atoms with E-state index < -0.39 is 17.1 Å². The summed E-state index contributed by atoms with van der Waals surface area (Å²) >= 11 is 6.67. The van der Waals surface area contributed by atoms with Gasteiger partial charge in [-0.3, -0.25) is 19.3 Å². The summed E-state index contributed by atoms with van der Waals surface area (Å²) in [5.41, 5.74) is 3.34. The first-order chi connectivity index (χ1) is 12.8. The molecule has 0 aromatic heterocycles. The Bertz CT molecular complexity index is 954. The minimum atomic E-state index is -0.476. The van der Waals surface area contributed by atoms with E-state index in [2.05, 4.69) is 5.32 Å². The normalized spacial score (nSPS) is 15.5. The van der Waals surface area contributed by atoms with Crippen LogP contribution in [0.2, 0.25) is 5.02 Å². The summed E-state index contributed by atoms with van der Waals surface area (Å²) < 4.78 is 0. The van der Waals surface area contributed by atoms with E-state index in [9.17, 15) is 14.4 Å².